The fraction of sp³-hybridized carbons (Fsp3) is 0.238. The minimum atomic E-state index is -0.398. The van der Waals surface area contributed by atoms with E-state index in [0.717, 1.165) is 27.7 Å². The number of hydrogen-bond acceptors (Lipinski definition) is 4. The number of thioether (sulfide) groups is 1. The van der Waals surface area contributed by atoms with Gasteiger partial charge in [-0.1, -0.05) is 12.1 Å². The Bertz CT molecular complexity index is 1140. The molecule has 0 unspecified atom stereocenters. The third kappa shape index (κ3) is 2.82. The number of amidine groups is 2. The first-order valence-electron chi connectivity index (χ1n) is 9.00. The van der Waals surface area contributed by atoms with E-state index < -0.39 is 5.91 Å². The number of hydrogen-bond donors (Lipinski definition) is 1. The van der Waals surface area contributed by atoms with Gasteiger partial charge in [-0.15, -0.1) is 0 Å². The van der Waals surface area contributed by atoms with Gasteiger partial charge < -0.3 is 4.57 Å². The van der Waals surface area contributed by atoms with Gasteiger partial charge in [-0.05, 0) is 81.3 Å². The number of aromatic nitrogens is 1. The summed E-state index contributed by atoms with van der Waals surface area (Å²) < 4.78 is 2.19. The second-order valence-electron chi connectivity index (χ2n) is 7.02. The lowest BCUT2D eigenvalue weighted by molar-refractivity contribution is -0.114. The number of carbonyl (C=O) groups is 1. The third-order valence-electron chi connectivity index (χ3n) is 5.14. The Morgan fingerprint density at radius 3 is 2.64 bits per heavy atom. The molecule has 4 rings (SSSR count). The Kier molecular flexibility index (Phi) is 4.34. The minimum Gasteiger partial charge on any atom is -0.318 e. The molecule has 1 aromatic carbocycles. The summed E-state index contributed by atoms with van der Waals surface area (Å²) in [5.74, 6) is -0.332. The number of nitrogens with zero attached hydrogens (tertiary/aromatic N) is 4. The van der Waals surface area contributed by atoms with Gasteiger partial charge in [-0.2, -0.15) is 15.1 Å². The minimum absolute atomic E-state index is 0.0656. The molecule has 7 heteroatoms. The van der Waals surface area contributed by atoms with Crippen molar-refractivity contribution < 1.29 is 4.79 Å². The molecular formula is C21H21N5OS. The SMILES string of the molecule is CC1=NN2C(=N)/C(=C/c3cc(C)n(-c4cccc(C)c4C)c3C)C(=O)N=C2S1. The highest BCUT2D eigenvalue weighted by Crippen LogP contribution is 2.30. The van der Waals surface area contributed by atoms with Crippen molar-refractivity contribution in [1.29, 1.82) is 5.41 Å². The lowest BCUT2D eigenvalue weighted by Crippen LogP contribution is -2.35. The summed E-state index contributed by atoms with van der Waals surface area (Å²) in [5.41, 5.74) is 6.82. The Balaban J connectivity index is 1.81. The largest absolute Gasteiger partial charge is 0.318 e. The van der Waals surface area contributed by atoms with E-state index in [4.69, 9.17) is 5.41 Å². The van der Waals surface area contributed by atoms with Crippen molar-refractivity contribution >= 4 is 39.8 Å². The highest BCUT2D eigenvalue weighted by atomic mass is 32.2. The lowest BCUT2D eigenvalue weighted by Gasteiger charge is -2.20. The van der Waals surface area contributed by atoms with Gasteiger partial charge in [-0.25, -0.2) is 0 Å². The summed E-state index contributed by atoms with van der Waals surface area (Å²) >= 11 is 1.31. The average molecular weight is 392 g/mol. The number of hydrazone groups is 1. The molecule has 1 aromatic heterocycles. The first-order chi connectivity index (χ1) is 13.3. The molecule has 0 fully saturated rings. The molecule has 28 heavy (non-hydrogen) atoms. The molecule has 3 heterocycles. The molecular weight excluding hydrogens is 370 g/mol. The zero-order valence-corrected chi connectivity index (χ0v) is 17.3. The summed E-state index contributed by atoms with van der Waals surface area (Å²) in [4.78, 5) is 16.6. The fourth-order valence-electron chi connectivity index (χ4n) is 3.53. The maximum absolute atomic E-state index is 12.5. The van der Waals surface area contributed by atoms with Gasteiger partial charge in [-0.3, -0.25) is 10.2 Å². The number of nitrogens with one attached hydrogen (secondary N) is 1. The molecule has 0 saturated heterocycles. The Morgan fingerprint density at radius 2 is 1.89 bits per heavy atom. The molecule has 2 aromatic rings. The van der Waals surface area contributed by atoms with E-state index in [-0.39, 0.29) is 11.4 Å². The van der Waals surface area contributed by atoms with E-state index in [2.05, 4.69) is 46.7 Å². The van der Waals surface area contributed by atoms with Gasteiger partial charge in [0.2, 0.25) is 5.17 Å². The van der Waals surface area contributed by atoms with E-state index in [0.29, 0.717) is 5.17 Å². The van der Waals surface area contributed by atoms with Crippen molar-refractivity contribution in [3.05, 3.63) is 57.9 Å². The van der Waals surface area contributed by atoms with Crippen molar-refractivity contribution in [3.8, 4) is 5.69 Å². The molecule has 0 aliphatic carbocycles. The van der Waals surface area contributed by atoms with E-state index >= 15 is 0 Å². The van der Waals surface area contributed by atoms with E-state index in [1.807, 2.05) is 26.8 Å². The predicted octanol–water partition coefficient (Wildman–Crippen LogP) is 4.35. The summed E-state index contributed by atoms with van der Waals surface area (Å²) in [7, 11) is 0. The summed E-state index contributed by atoms with van der Waals surface area (Å²) in [6.45, 7) is 10.1. The standard InChI is InChI=1S/C21H21N5OS/c1-11-7-6-8-18(13(11)3)25-12(2)9-16(14(25)4)10-17-19(22)26-21(23-20(17)27)28-15(5)24-26/h6-10,22H,1-5H3/b17-10-,22-19?. The molecule has 2 aliphatic heterocycles. The van der Waals surface area contributed by atoms with Gasteiger partial charge in [0.05, 0.1) is 10.6 Å². The van der Waals surface area contributed by atoms with Crippen molar-refractivity contribution in [2.45, 2.75) is 34.6 Å². The van der Waals surface area contributed by atoms with Crippen LogP contribution in [-0.2, 0) is 4.79 Å². The van der Waals surface area contributed by atoms with Crippen LogP contribution in [0.4, 0.5) is 0 Å². The average Bonchev–Trinajstić information content (AvgIpc) is 3.13. The molecule has 0 bridgehead atoms. The zero-order chi connectivity index (χ0) is 20.2. The van der Waals surface area contributed by atoms with Gasteiger partial charge in [0, 0.05) is 17.1 Å². The lowest BCUT2D eigenvalue weighted by atomic mass is 10.1. The number of carbonyl (C=O) groups excluding carboxylic acids is 1. The zero-order valence-electron chi connectivity index (χ0n) is 16.5. The van der Waals surface area contributed by atoms with Crippen LogP contribution in [0.5, 0.6) is 0 Å². The highest BCUT2D eigenvalue weighted by Gasteiger charge is 2.34. The van der Waals surface area contributed by atoms with Crippen molar-refractivity contribution in [2.75, 3.05) is 0 Å². The first kappa shape index (κ1) is 18.4. The van der Waals surface area contributed by atoms with E-state index in [1.54, 1.807) is 6.08 Å². The molecule has 0 spiro atoms. The van der Waals surface area contributed by atoms with Crippen molar-refractivity contribution in [1.82, 2.24) is 9.58 Å². The van der Waals surface area contributed by atoms with Crippen LogP contribution in [0.1, 0.15) is 35.0 Å². The van der Waals surface area contributed by atoms with E-state index in [1.165, 1.54) is 27.9 Å². The molecule has 0 atom stereocenters. The third-order valence-corrected chi connectivity index (χ3v) is 5.97. The molecule has 0 saturated carbocycles. The van der Waals surface area contributed by atoms with Crippen molar-refractivity contribution in [2.24, 2.45) is 10.1 Å². The molecule has 1 amide bonds. The molecule has 142 valence electrons. The number of fused-ring (bicyclic) bond motifs is 1. The topological polar surface area (TPSA) is 73.8 Å². The normalized spacial score (nSPS) is 17.9. The molecule has 6 nitrogen and oxygen atoms in total. The maximum Gasteiger partial charge on any atom is 0.283 e. The number of rotatable bonds is 2. The Labute approximate surface area is 168 Å². The fourth-order valence-corrected chi connectivity index (χ4v) is 4.26. The molecule has 0 radical (unpaired) electrons. The number of aliphatic imine (C=N–C) groups is 1. The number of aryl methyl sites for hydroxylation is 2. The summed E-state index contributed by atoms with van der Waals surface area (Å²) in [6.07, 6.45) is 1.75. The smallest absolute Gasteiger partial charge is 0.283 e. The van der Waals surface area contributed by atoms with Crippen LogP contribution in [-0.4, -0.2) is 31.5 Å². The Hall–Kier alpha value is -2.93. The summed E-state index contributed by atoms with van der Waals surface area (Å²) in [6, 6.07) is 8.29. The van der Waals surface area contributed by atoms with Crippen LogP contribution in [0.25, 0.3) is 11.8 Å². The number of amides is 1. The van der Waals surface area contributed by atoms with Crippen LogP contribution in [0, 0.1) is 33.1 Å². The van der Waals surface area contributed by atoms with Gasteiger partial charge in [0.25, 0.3) is 5.91 Å². The van der Waals surface area contributed by atoms with Gasteiger partial charge in [0.15, 0.2) is 5.84 Å². The summed E-state index contributed by atoms with van der Waals surface area (Å²) in [5, 5.41) is 15.4. The van der Waals surface area contributed by atoms with Crippen LogP contribution in [0.2, 0.25) is 0 Å². The van der Waals surface area contributed by atoms with Crippen LogP contribution in [0.15, 0.2) is 39.9 Å². The van der Waals surface area contributed by atoms with Crippen LogP contribution in [0.3, 0.4) is 0 Å². The van der Waals surface area contributed by atoms with Gasteiger partial charge in [0.1, 0.15) is 0 Å². The monoisotopic (exact) mass is 391 g/mol. The second-order valence-corrected chi connectivity index (χ2v) is 8.18. The second kappa shape index (κ2) is 6.60. The maximum atomic E-state index is 12.5. The first-order valence-corrected chi connectivity index (χ1v) is 9.82. The predicted molar refractivity (Wildman–Crippen MR) is 115 cm³/mol. The van der Waals surface area contributed by atoms with Gasteiger partial charge >= 0.3 is 0 Å². The number of benzene rings is 1. The van der Waals surface area contributed by atoms with Crippen LogP contribution < -0.4 is 0 Å². The van der Waals surface area contributed by atoms with Crippen molar-refractivity contribution in [3.63, 3.8) is 0 Å². The molecule has 2 aliphatic rings. The highest BCUT2D eigenvalue weighted by molar-refractivity contribution is 8.26. The Morgan fingerprint density at radius 1 is 1.14 bits per heavy atom. The molecule has 1 N–H and O–H groups in total. The van der Waals surface area contributed by atoms with E-state index in [9.17, 15) is 4.79 Å². The van der Waals surface area contributed by atoms with Crippen LogP contribution >= 0.6 is 11.8 Å². The quantitative estimate of drug-likeness (QED) is 0.774.